The molecule has 0 aliphatic carbocycles. The molecule has 0 saturated carbocycles. The average Bonchev–Trinajstić information content (AvgIpc) is 3.35. The van der Waals surface area contributed by atoms with Crippen molar-refractivity contribution in [2.45, 2.75) is 37.3 Å². The van der Waals surface area contributed by atoms with E-state index in [2.05, 4.69) is 19.7 Å². The minimum atomic E-state index is -5.03. The number of carbonyl (C=O) groups excluding carboxylic acids is 1. The first kappa shape index (κ1) is 25.1. The first-order valence-electron chi connectivity index (χ1n) is 10.5. The molecule has 0 unspecified atom stereocenters. The topological polar surface area (TPSA) is 212 Å². The average molecular weight is 509 g/mol. The summed E-state index contributed by atoms with van der Waals surface area (Å²) >= 11 is 0. The van der Waals surface area contributed by atoms with E-state index >= 15 is 0 Å². The molecule has 3 aromatic rings. The van der Waals surface area contributed by atoms with Crippen LogP contribution in [0.15, 0.2) is 36.7 Å². The Morgan fingerprint density at radius 2 is 1.94 bits per heavy atom. The molecule has 0 radical (unpaired) electrons. The molecule has 15 heteroatoms. The number of hydrogen-bond acceptors (Lipinski definition) is 11. The number of fused-ring (bicyclic) bond motifs is 1. The van der Waals surface area contributed by atoms with Crippen LogP contribution in [0.3, 0.4) is 0 Å². The Morgan fingerprint density at radius 1 is 1.23 bits per heavy atom. The Morgan fingerprint density at radius 3 is 2.60 bits per heavy atom. The van der Waals surface area contributed by atoms with Crippen LogP contribution in [0.2, 0.25) is 0 Å². The predicted molar refractivity (Wildman–Crippen MR) is 120 cm³/mol. The number of nitrogens with zero attached hydrogens (tertiary/aromatic N) is 4. The number of benzene rings is 1. The zero-order valence-electron chi connectivity index (χ0n) is 18.4. The van der Waals surface area contributed by atoms with E-state index in [9.17, 15) is 29.4 Å². The second-order valence-electron chi connectivity index (χ2n) is 7.70. The molecule has 5 atom stereocenters. The minimum absolute atomic E-state index is 0.0967. The van der Waals surface area contributed by atoms with Gasteiger partial charge in [-0.25, -0.2) is 19.7 Å². The standard InChI is InChI=1S/C20H24N5O9P/c1-2-32-19(28)20(35(29,30)31)33-8-11-13(26)14(27)18(34-11)25-9-22-12-15(21)23-16(24-17(12)25)10-6-4-3-5-7-10/h3-7,9,11,13-14,18,20,26-27H,2,8H2,1H3,(H2,21,23,24)(H2,29,30,31)/t11-,13-,14-,18-,20+/m1/s1. The van der Waals surface area contributed by atoms with Gasteiger partial charge in [-0.3, -0.25) is 9.13 Å². The molecule has 35 heavy (non-hydrogen) atoms. The minimum Gasteiger partial charge on any atom is -0.464 e. The molecule has 1 saturated heterocycles. The highest BCUT2D eigenvalue weighted by Crippen LogP contribution is 2.43. The Hall–Kier alpha value is -2.97. The smallest absolute Gasteiger partial charge is 0.365 e. The zero-order chi connectivity index (χ0) is 25.3. The summed E-state index contributed by atoms with van der Waals surface area (Å²) in [5.41, 5.74) is 7.22. The number of esters is 1. The van der Waals surface area contributed by atoms with Gasteiger partial charge in [0.15, 0.2) is 23.5 Å². The molecular weight excluding hydrogens is 485 g/mol. The molecule has 1 fully saturated rings. The summed E-state index contributed by atoms with van der Waals surface area (Å²) in [6, 6.07) is 9.03. The van der Waals surface area contributed by atoms with Crippen molar-refractivity contribution in [1.29, 1.82) is 0 Å². The second kappa shape index (κ2) is 9.95. The second-order valence-corrected chi connectivity index (χ2v) is 9.34. The van der Waals surface area contributed by atoms with Crippen LogP contribution in [0.5, 0.6) is 0 Å². The molecule has 6 N–H and O–H groups in total. The molecule has 0 spiro atoms. The summed E-state index contributed by atoms with van der Waals surface area (Å²) in [5, 5.41) is 21.1. The van der Waals surface area contributed by atoms with Crippen molar-refractivity contribution in [2.24, 2.45) is 0 Å². The lowest BCUT2D eigenvalue weighted by molar-refractivity contribution is -0.155. The van der Waals surface area contributed by atoms with Gasteiger partial charge >= 0.3 is 13.6 Å². The van der Waals surface area contributed by atoms with E-state index in [4.69, 9.17) is 15.2 Å². The van der Waals surface area contributed by atoms with E-state index in [1.807, 2.05) is 18.2 Å². The lowest BCUT2D eigenvalue weighted by Crippen LogP contribution is -2.36. The van der Waals surface area contributed by atoms with Gasteiger partial charge in [-0.05, 0) is 6.92 Å². The van der Waals surface area contributed by atoms with Crippen molar-refractivity contribution in [3.63, 3.8) is 0 Å². The molecule has 4 rings (SSSR count). The van der Waals surface area contributed by atoms with E-state index in [-0.39, 0.29) is 23.6 Å². The third kappa shape index (κ3) is 5.04. The maximum Gasteiger partial charge on any atom is 0.365 e. The van der Waals surface area contributed by atoms with Gasteiger partial charge in [0, 0.05) is 5.56 Å². The first-order chi connectivity index (χ1) is 16.6. The molecule has 3 heterocycles. The fourth-order valence-electron chi connectivity index (χ4n) is 3.64. The molecule has 1 aromatic carbocycles. The Labute approximate surface area is 198 Å². The zero-order valence-corrected chi connectivity index (χ0v) is 19.3. The van der Waals surface area contributed by atoms with Gasteiger partial charge in [0.05, 0.1) is 19.5 Å². The van der Waals surface area contributed by atoms with Gasteiger partial charge in [0.2, 0.25) is 0 Å². The molecule has 2 aromatic heterocycles. The number of imidazole rings is 1. The Kier molecular flexibility index (Phi) is 7.15. The van der Waals surface area contributed by atoms with Gasteiger partial charge in [-0.1, -0.05) is 30.3 Å². The SMILES string of the molecule is CCOC(=O)[C@@H](OC[C@H]1O[C@@H](n2cnc3c(N)nc(-c4ccccc4)nc32)[C@H](O)[C@@H]1O)P(=O)(O)O. The predicted octanol–water partition coefficient (Wildman–Crippen LogP) is -0.222. The maximum absolute atomic E-state index is 11.9. The number of hydrogen-bond donors (Lipinski definition) is 5. The molecule has 0 amide bonds. The van der Waals surface area contributed by atoms with Crippen LogP contribution in [0.4, 0.5) is 5.82 Å². The van der Waals surface area contributed by atoms with Crippen LogP contribution in [0.1, 0.15) is 13.2 Å². The Balaban J connectivity index is 1.58. The van der Waals surface area contributed by atoms with Crippen LogP contribution >= 0.6 is 7.60 Å². The highest BCUT2D eigenvalue weighted by Gasteiger charge is 2.46. The number of aliphatic hydroxyl groups is 2. The third-order valence-electron chi connectivity index (χ3n) is 5.30. The summed E-state index contributed by atoms with van der Waals surface area (Å²) < 4.78 is 28.4. The first-order valence-corrected chi connectivity index (χ1v) is 12.2. The van der Waals surface area contributed by atoms with E-state index in [0.717, 1.165) is 0 Å². The van der Waals surface area contributed by atoms with Gasteiger partial charge in [0.25, 0.3) is 5.85 Å². The normalized spacial score (nSPS) is 23.5. The summed E-state index contributed by atoms with van der Waals surface area (Å²) in [6.07, 6.45) is -4.15. The molecule has 1 aliphatic heterocycles. The molecule has 188 valence electrons. The van der Waals surface area contributed by atoms with Crippen molar-refractivity contribution in [3.8, 4) is 11.4 Å². The van der Waals surface area contributed by atoms with Crippen LogP contribution in [0.25, 0.3) is 22.6 Å². The number of ether oxygens (including phenoxy) is 3. The van der Waals surface area contributed by atoms with Gasteiger partial charge in [-0.2, -0.15) is 0 Å². The van der Waals surface area contributed by atoms with E-state index in [0.29, 0.717) is 11.4 Å². The quantitative estimate of drug-likeness (QED) is 0.196. The highest BCUT2D eigenvalue weighted by molar-refractivity contribution is 7.53. The monoisotopic (exact) mass is 509 g/mol. The van der Waals surface area contributed by atoms with Crippen LogP contribution in [-0.2, 0) is 23.6 Å². The van der Waals surface area contributed by atoms with Gasteiger partial charge in [-0.15, -0.1) is 0 Å². The van der Waals surface area contributed by atoms with Crippen molar-refractivity contribution < 1.29 is 43.6 Å². The van der Waals surface area contributed by atoms with Crippen LogP contribution < -0.4 is 5.73 Å². The maximum atomic E-state index is 11.9. The van der Waals surface area contributed by atoms with Crippen molar-refractivity contribution in [2.75, 3.05) is 18.9 Å². The number of nitrogens with two attached hydrogens (primary N) is 1. The number of nitrogen functional groups attached to an aromatic ring is 1. The van der Waals surface area contributed by atoms with Crippen molar-refractivity contribution in [1.82, 2.24) is 19.5 Å². The van der Waals surface area contributed by atoms with Crippen molar-refractivity contribution >= 4 is 30.5 Å². The van der Waals surface area contributed by atoms with E-state index < -0.39 is 50.6 Å². The highest BCUT2D eigenvalue weighted by atomic mass is 31.2. The number of aliphatic hydroxyl groups excluding tert-OH is 2. The van der Waals surface area contributed by atoms with Gasteiger partial charge < -0.3 is 39.9 Å². The fraction of sp³-hybridized carbons (Fsp3) is 0.400. The molecule has 0 bridgehead atoms. The van der Waals surface area contributed by atoms with Crippen LogP contribution in [0, 0.1) is 0 Å². The van der Waals surface area contributed by atoms with Crippen LogP contribution in [-0.4, -0.2) is 82.9 Å². The summed E-state index contributed by atoms with van der Waals surface area (Å²) in [5.74, 6) is -3.06. The molecular formula is C20H24N5O9P. The number of aromatic nitrogens is 4. The number of anilines is 1. The van der Waals surface area contributed by atoms with E-state index in [1.54, 1.807) is 12.1 Å². The summed E-state index contributed by atoms with van der Waals surface area (Å²) in [4.78, 5) is 43.7. The number of carbonyl (C=O) groups is 1. The summed E-state index contributed by atoms with van der Waals surface area (Å²) in [7, 11) is -5.03. The third-order valence-corrected chi connectivity index (χ3v) is 6.27. The van der Waals surface area contributed by atoms with E-state index in [1.165, 1.54) is 17.8 Å². The summed E-state index contributed by atoms with van der Waals surface area (Å²) in [6.45, 7) is 0.725. The van der Waals surface area contributed by atoms with Crippen molar-refractivity contribution in [3.05, 3.63) is 36.7 Å². The fourth-order valence-corrected chi connectivity index (χ4v) is 4.27. The largest absolute Gasteiger partial charge is 0.464 e. The molecule has 1 aliphatic rings. The number of rotatable bonds is 8. The Bertz CT molecular complexity index is 1250. The lowest BCUT2D eigenvalue weighted by Gasteiger charge is -2.20. The lowest BCUT2D eigenvalue weighted by atomic mass is 10.1. The molecule has 14 nitrogen and oxygen atoms in total. The van der Waals surface area contributed by atoms with Gasteiger partial charge in [0.1, 0.15) is 23.8 Å².